The maximum atomic E-state index is 12.4. The first-order chi connectivity index (χ1) is 12.9. The fourth-order valence-electron chi connectivity index (χ4n) is 2.53. The van der Waals surface area contributed by atoms with Gasteiger partial charge in [-0.25, -0.2) is 0 Å². The molecule has 0 saturated carbocycles. The molecular formula is C21H14F3NO2. The summed E-state index contributed by atoms with van der Waals surface area (Å²) < 4.78 is 46.8. The molecule has 0 radical (unpaired) electrons. The smallest absolute Gasteiger partial charge is 0.488 e. The molecule has 0 N–H and O–H groups in total. The molecule has 3 aromatic carbocycles. The van der Waals surface area contributed by atoms with E-state index >= 15 is 0 Å². The van der Waals surface area contributed by atoms with Gasteiger partial charge in [-0.1, -0.05) is 48.5 Å². The van der Waals surface area contributed by atoms with Crippen LogP contribution in [-0.4, -0.2) is 6.36 Å². The van der Waals surface area contributed by atoms with E-state index in [1.54, 1.807) is 24.3 Å². The predicted molar refractivity (Wildman–Crippen MR) is 94.1 cm³/mol. The number of ether oxygens (including phenoxy) is 2. The van der Waals surface area contributed by atoms with Gasteiger partial charge in [0, 0.05) is 0 Å². The van der Waals surface area contributed by atoms with E-state index in [2.05, 4.69) is 10.8 Å². The van der Waals surface area contributed by atoms with Crippen LogP contribution >= 0.6 is 0 Å². The van der Waals surface area contributed by atoms with E-state index in [-0.39, 0.29) is 5.75 Å². The number of alkyl halides is 3. The number of rotatable bonds is 5. The Hall–Kier alpha value is -3.46. The molecule has 0 atom stereocenters. The van der Waals surface area contributed by atoms with Crippen LogP contribution in [0.1, 0.15) is 11.1 Å². The van der Waals surface area contributed by atoms with Crippen molar-refractivity contribution >= 4 is 0 Å². The highest BCUT2D eigenvalue weighted by Gasteiger charge is 2.31. The Balaban J connectivity index is 1.82. The summed E-state index contributed by atoms with van der Waals surface area (Å²) in [5.41, 5.74) is 2.35. The van der Waals surface area contributed by atoms with Crippen LogP contribution in [0.2, 0.25) is 0 Å². The summed E-state index contributed by atoms with van der Waals surface area (Å²) in [5, 5.41) is 9.39. The topological polar surface area (TPSA) is 42.2 Å². The molecule has 0 heterocycles. The van der Waals surface area contributed by atoms with Crippen molar-refractivity contribution in [2.45, 2.75) is 13.0 Å². The molecule has 0 aliphatic heterocycles. The SMILES string of the molecule is N#Cc1cc(-c2cccc(OC(F)(F)F)c2)ccc1OCc1ccccc1. The molecule has 27 heavy (non-hydrogen) atoms. The standard InChI is InChI=1S/C21H14F3NO2/c22-21(23,24)27-19-8-4-7-16(12-19)17-9-10-20(18(11-17)13-25)26-14-15-5-2-1-3-6-15/h1-12H,14H2. The third-order valence-electron chi connectivity index (χ3n) is 3.74. The molecular weight excluding hydrogens is 355 g/mol. The molecule has 0 aliphatic rings. The maximum absolute atomic E-state index is 12.4. The minimum atomic E-state index is -4.76. The number of benzene rings is 3. The third-order valence-corrected chi connectivity index (χ3v) is 3.74. The summed E-state index contributed by atoms with van der Waals surface area (Å²) in [6.45, 7) is 0.309. The Morgan fingerprint density at radius 3 is 2.30 bits per heavy atom. The molecule has 6 heteroatoms. The zero-order valence-electron chi connectivity index (χ0n) is 14.0. The summed E-state index contributed by atoms with van der Waals surface area (Å²) >= 11 is 0. The first-order valence-corrected chi connectivity index (χ1v) is 8.02. The molecule has 0 aromatic heterocycles. The van der Waals surface area contributed by atoms with Crippen LogP contribution in [-0.2, 0) is 6.61 Å². The van der Waals surface area contributed by atoms with E-state index in [0.717, 1.165) is 5.56 Å². The normalized spacial score (nSPS) is 10.9. The third kappa shape index (κ3) is 5.02. The first kappa shape index (κ1) is 18.3. The fraction of sp³-hybridized carbons (Fsp3) is 0.0952. The zero-order valence-corrected chi connectivity index (χ0v) is 14.0. The van der Waals surface area contributed by atoms with Crippen molar-refractivity contribution in [1.29, 1.82) is 5.26 Å². The second-order valence-electron chi connectivity index (χ2n) is 5.67. The van der Waals surface area contributed by atoms with Gasteiger partial charge in [0.15, 0.2) is 0 Å². The van der Waals surface area contributed by atoms with Crippen LogP contribution in [0, 0.1) is 11.3 Å². The Labute approximate surface area is 154 Å². The molecule has 3 aromatic rings. The molecule has 0 aliphatic carbocycles. The summed E-state index contributed by atoms with van der Waals surface area (Å²) in [5.74, 6) is 0.0933. The van der Waals surface area contributed by atoms with E-state index in [1.807, 2.05) is 30.3 Å². The summed E-state index contributed by atoms with van der Waals surface area (Å²) in [4.78, 5) is 0. The van der Waals surface area contributed by atoms with Gasteiger partial charge in [0.25, 0.3) is 0 Å². The number of nitriles is 1. The van der Waals surface area contributed by atoms with Gasteiger partial charge < -0.3 is 9.47 Å². The molecule has 136 valence electrons. The predicted octanol–water partition coefficient (Wildman–Crippen LogP) is 5.70. The highest BCUT2D eigenvalue weighted by atomic mass is 19.4. The lowest BCUT2D eigenvalue weighted by atomic mass is 10.0. The van der Waals surface area contributed by atoms with Crippen molar-refractivity contribution in [2.24, 2.45) is 0 Å². The Morgan fingerprint density at radius 1 is 0.852 bits per heavy atom. The van der Waals surface area contributed by atoms with Crippen molar-refractivity contribution in [3.8, 4) is 28.7 Å². The number of nitrogens with zero attached hydrogens (tertiary/aromatic N) is 1. The number of halogens is 3. The lowest BCUT2D eigenvalue weighted by Gasteiger charge is -2.12. The molecule has 0 saturated heterocycles. The quantitative estimate of drug-likeness (QED) is 0.579. The van der Waals surface area contributed by atoms with Gasteiger partial charge >= 0.3 is 6.36 Å². The van der Waals surface area contributed by atoms with Gasteiger partial charge in [-0.05, 0) is 41.0 Å². The summed E-state index contributed by atoms with van der Waals surface area (Å²) in [6, 6.07) is 22.1. The van der Waals surface area contributed by atoms with E-state index < -0.39 is 6.36 Å². The van der Waals surface area contributed by atoms with Gasteiger partial charge in [-0.15, -0.1) is 13.2 Å². The molecule has 0 bridgehead atoms. The minimum absolute atomic E-state index is 0.297. The van der Waals surface area contributed by atoms with Gasteiger partial charge in [0.2, 0.25) is 0 Å². The molecule has 0 fully saturated rings. The highest BCUT2D eigenvalue weighted by Crippen LogP contribution is 2.31. The molecule has 0 spiro atoms. The van der Waals surface area contributed by atoms with Crippen LogP contribution < -0.4 is 9.47 Å². The maximum Gasteiger partial charge on any atom is 0.573 e. The van der Waals surface area contributed by atoms with Crippen LogP contribution in [0.25, 0.3) is 11.1 Å². The molecule has 3 nitrogen and oxygen atoms in total. The second-order valence-corrected chi connectivity index (χ2v) is 5.67. The van der Waals surface area contributed by atoms with E-state index in [0.29, 0.717) is 29.0 Å². The number of hydrogen-bond donors (Lipinski definition) is 0. The Bertz CT molecular complexity index is 963. The molecule has 0 unspecified atom stereocenters. The van der Waals surface area contributed by atoms with Crippen molar-refractivity contribution in [1.82, 2.24) is 0 Å². The Morgan fingerprint density at radius 2 is 1.59 bits per heavy atom. The zero-order chi connectivity index (χ0) is 19.3. The van der Waals surface area contributed by atoms with Gasteiger partial charge in [-0.3, -0.25) is 0 Å². The fourth-order valence-corrected chi connectivity index (χ4v) is 2.53. The lowest BCUT2D eigenvalue weighted by molar-refractivity contribution is -0.274. The lowest BCUT2D eigenvalue weighted by Crippen LogP contribution is -2.17. The largest absolute Gasteiger partial charge is 0.573 e. The Kier molecular flexibility index (Phi) is 5.32. The monoisotopic (exact) mass is 369 g/mol. The number of hydrogen-bond acceptors (Lipinski definition) is 3. The minimum Gasteiger partial charge on any atom is -0.488 e. The van der Waals surface area contributed by atoms with E-state index in [4.69, 9.17) is 4.74 Å². The van der Waals surface area contributed by atoms with Crippen LogP contribution in [0.4, 0.5) is 13.2 Å². The summed E-state index contributed by atoms with van der Waals surface area (Å²) in [7, 11) is 0. The van der Waals surface area contributed by atoms with E-state index in [1.165, 1.54) is 18.2 Å². The second kappa shape index (κ2) is 7.83. The van der Waals surface area contributed by atoms with Crippen molar-refractivity contribution in [3.05, 3.63) is 83.9 Å². The average Bonchev–Trinajstić information content (AvgIpc) is 2.66. The van der Waals surface area contributed by atoms with Crippen molar-refractivity contribution in [3.63, 3.8) is 0 Å². The van der Waals surface area contributed by atoms with Gasteiger partial charge in [0.05, 0.1) is 5.56 Å². The molecule has 3 rings (SSSR count). The van der Waals surface area contributed by atoms with Crippen LogP contribution in [0.15, 0.2) is 72.8 Å². The average molecular weight is 369 g/mol. The van der Waals surface area contributed by atoms with Gasteiger partial charge in [-0.2, -0.15) is 5.26 Å². The molecule has 0 amide bonds. The van der Waals surface area contributed by atoms with Crippen molar-refractivity contribution < 1.29 is 22.6 Å². The van der Waals surface area contributed by atoms with Crippen LogP contribution in [0.5, 0.6) is 11.5 Å². The van der Waals surface area contributed by atoms with Crippen LogP contribution in [0.3, 0.4) is 0 Å². The van der Waals surface area contributed by atoms with E-state index in [9.17, 15) is 18.4 Å². The highest BCUT2D eigenvalue weighted by molar-refractivity contribution is 5.68. The summed E-state index contributed by atoms with van der Waals surface area (Å²) in [6.07, 6.45) is -4.76. The van der Waals surface area contributed by atoms with Crippen molar-refractivity contribution in [2.75, 3.05) is 0 Å². The van der Waals surface area contributed by atoms with Gasteiger partial charge in [0.1, 0.15) is 24.2 Å². The first-order valence-electron chi connectivity index (χ1n) is 8.02.